The van der Waals surface area contributed by atoms with E-state index in [-0.39, 0.29) is 6.03 Å². The largest absolute Gasteiger partial charge is 0.329 e. The van der Waals surface area contributed by atoms with Gasteiger partial charge >= 0.3 is 6.03 Å². The Kier molecular flexibility index (Phi) is 6.34. The molecule has 0 atom stereocenters. The second-order valence-electron chi connectivity index (χ2n) is 7.05. The molecule has 0 bridgehead atoms. The first kappa shape index (κ1) is 18.1. The first-order valence-electron chi connectivity index (χ1n) is 8.79. The Morgan fingerprint density at radius 2 is 2.00 bits per heavy atom. The molecular weight excluding hydrogens is 308 g/mol. The number of hydrogen-bond acceptors (Lipinski definition) is 1. The standard InChI is InChI=1S/C19H29ClN2O/c1-4-13-22(17-11-6-5-7-12-17)18(23)21-19(2,3)15-9-8-10-16(20)14-15/h8-10,14,17H,4-7,11-13H2,1-3H3,(H,21,23). The molecule has 23 heavy (non-hydrogen) atoms. The van der Waals surface area contributed by atoms with Crippen molar-refractivity contribution in [1.29, 1.82) is 0 Å². The molecule has 1 fully saturated rings. The summed E-state index contributed by atoms with van der Waals surface area (Å²) in [6.45, 7) is 7.01. The van der Waals surface area contributed by atoms with Gasteiger partial charge < -0.3 is 10.2 Å². The maximum Gasteiger partial charge on any atom is 0.318 e. The number of nitrogens with zero attached hydrogens (tertiary/aromatic N) is 1. The van der Waals surface area contributed by atoms with Crippen LogP contribution in [0.5, 0.6) is 0 Å². The highest BCUT2D eigenvalue weighted by molar-refractivity contribution is 6.30. The van der Waals surface area contributed by atoms with Gasteiger partial charge in [-0.25, -0.2) is 4.79 Å². The van der Waals surface area contributed by atoms with Gasteiger partial charge in [-0.3, -0.25) is 0 Å². The Hall–Kier alpha value is -1.22. The van der Waals surface area contributed by atoms with Crippen LogP contribution >= 0.6 is 11.6 Å². The molecule has 0 aromatic heterocycles. The molecule has 2 amide bonds. The summed E-state index contributed by atoms with van der Waals surface area (Å²) in [7, 11) is 0. The fraction of sp³-hybridized carbons (Fsp3) is 0.632. The quantitative estimate of drug-likeness (QED) is 0.774. The van der Waals surface area contributed by atoms with Gasteiger partial charge in [0.05, 0.1) is 5.54 Å². The van der Waals surface area contributed by atoms with E-state index < -0.39 is 5.54 Å². The summed E-state index contributed by atoms with van der Waals surface area (Å²) in [6.07, 6.45) is 7.01. The van der Waals surface area contributed by atoms with Gasteiger partial charge in [0.25, 0.3) is 0 Å². The molecule has 0 unspecified atom stereocenters. The molecule has 0 saturated heterocycles. The maximum absolute atomic E-state index is 12.9. The first-order valence-corrected chi connectivity index (χ1v) is 9.16. The van der Waals surface area contributed by atoms with E-state index >= 15 is 0 Å². The van der Waals surface area contributed by atoms with Crippen molar-refractivity contribution in [2.24, 2.45) is 0 Å². The topological polar surface area (TPSA) is 32.3 Å². The van der Waals surface area contributed by atoms with Crippen molar-refractivity contribution < 1.29 is 4.79 Å². The highest BCUT2D eigenvalue weighted by Gasteiger charge is 2.29. The lowest BCUT2D eigenvalue weighted by atomic mass is 9.93. The number of carbonyl (C=O) groups excluding carboxylic acids is 1. The number of hydrogen-bond donors (Lipinski definition) is 1. The van der Waals surface area contributed by atoms with Gasteiger partial charge in [0.15, 0.2) is 0 Å². The molecule has 0 radical (unpaired) electrons. The second-order valence-corrected chi connectivity index (χ2v) is 7.49. The third-order valence-electron chi connectivity index (χ3n) is 4.71. The number of halogens is 1. The van der Waals surface area contributed by atoms with Gasteiger partial charge in [-0.15, -0.1) is 0 Å². The number of nitrogens with one attached hydrogen (secondary N) is 1. The summed E-state index contributed by atoms with van der Waals surface area (Å²) in [5, 5.41) is 3.91. The van der Waals surface area contributed by atoms with E-state index in [1.807, 2.05) is 43.0 Å². The Morgan fingerprint density at radius 1 is 1.30 bits per heavy atom. The molecule has 1 aliphatic rings. The molecule has 0 spiro atoms. The van der Waals surface area contributed by atoms with Crippen LogP contribution in [0.3, 0.4) is 0 Å². The maximum atomic E-state index is 12.9. The Labute approximate surface area is 145 Å². The molecule has 128 valence electrons. The number of carbonyl (C=O) groups is 1. The molecule has 1 N–H and O–H groups in total. The number of rotatable bonds is 5. The van der Waals surface area contributed by atoms with Crippen molar-refractivity contribution in [2.45, 2.75) is 70.9 Å². The Bertz CT molecular complexity index is 524. The average Bonchev–Trinajstić information content (AvgIpc) is 2.53. The number of benzene rings is 1. The minimum atomic E-state index is -0.442. The van der Waals surface area contributed by atoms with E-state index in [2.05, 4.69) is 12.2 Å². The van der Waals surface area contributed by atoms with Gasteiger partial charge in [-0.05, 0) is 50.8 Å². The van der Waals surface area contributed by atoms with Crippen LogP contribution in [-0.4, -0.2) is 23.5 Å². The smallest absolute Gasteiger partial charge is 0.318 e. The predicted molar refractivity (Wildman–Crippen MR) is 96.9 cm³/mol. The Morgan fingerprint density at radius 3 is 2.61 bits per heavy atom. The molecule has 1 saturated carbocycles. The van der Waals surface area contributed by atoms with Gasteiger partial charge in [0, 0.05) is 17.6 Å². The zero-order valence-electron chi connectivity index (χ0n) is 14.6. The molecule has 1 aliphatic carbocycles. The van der Waals surface area contributed by atoms with Gasteiger partial charge in [-0.1, -0.05) is 49.9 Å². The minimum absolute atomic E-state index is 0.0451. The van der Waals surface area contributed by atoms with E-state index in [9.17, 15) is 4.79 Å². The van der Waals surface area contributed by atoms with Gasteiger partial charge in [-0.2, -0.15) is 0 Å². The van der Waals surface area contributed by atoms with E-state index in [1.54, 1.807) is 0 Å². The minimum Gasteiger partial charge on any atom is -0.329 e. The van der Waals surface area contributed by atoms with E-state index in [0.29, 0.717) is 11.1 Å². The van der Waals surface area contributed by atoms with Gasteiger partial charge in [0.1, 0.15) is 0 Å². The van der Waals surface area contributed by atoms with Crippen LogP contribution in [0.15, 0.2) is 24.3 Å². The van der Waals surface area contributed by atoms with Crippen molar-refractivity contribution in [3.8, 4) is 0 Å². The third kappa shape index (κ3) is 4.87. The fourth-order valence-corrected chi connectivity index (χ4v) is 3.56. The predicted octanol–water partition coefficient (Wildman–Crippen LogP) is 5.33. The van der Waals surface area contributed by atoms with E-state index in [0.717, 1.165) is 31.4 Å². The van der Waals surface area contributed by atoms with Crippen molar-refractivity contribution in [3.63, 3.8) is 0 Å². The van der Waals surface area contributed by atoms with Crippen molar-refractivity contribution in [1.82, 2.24) is 10.2 Å². The molecule has 1 aromatic carbocycles. The summed E-state index contributed by atoms with van der Waals surface area (Å²) >= 11 is 6.10. The summed E-state index contributed by atoms with van der Waals surface area (Å²) in [5.41, 5.74) is 0.585. The molecule has 0 aliphatic heterocycles. The summed E-state index contributed by atoms with van der Waals surface area (Å²) in [6, 6.07) is 8.15. The Balaban J connectivity index is 2.10. The van der Waals surface area contributed by atoms with Crippen LogP contribution in [0.25, 0.3) is 0 Å². The van der Waals surface area contributed by atoms with E-state index in [4.69, 9.17) is 11.6 Å². The first-order chi connectivity index (χ1) is 10.9. The van der Waals surface area contributed by atoms with Crippen LogP contribution in [0.4, 0.5) is 4.79 Å². The van der Waals surface area contributed by atoms with Crippen LogP contribution in [0, 0.1) is 0 Å². The number of urea groups is 1. The number of amides is 2. The normalized spacial score (nSPS) is 16.2. The highest BCUT2D eigenvalue weighted by atomic mass is 35.5. The van der Waals surface area contributed by atoms with Crippen molar-refractivity contribution in [3.05, 3.63) is 34.9 Å². The molecule has 0 heterocycles. The van der Waals surface area contributed by atoms with Crippen LogP contribution in [-0.2, 0) is 5.54 Å². The summed E-state index contributed by atoms with van der Waals surface area (Å²) < 4.78 is 0. The molecular formula is C19H29ClN2O. The highest BCUT2D eigenvalue weighted by Crippen LogP contribution is 2.26. The lowest BCUT2D eigenvalue weighted by molar-refractivity contribution is 0.147. The third-order valence-corrected chi connectivity index (χ3v) is 4.94. The van der Waals surface area contributed by atoms with Crippen LogP contribution in [0.1, 0.15) is 64.9 Å². The van der Waals surface area contributed by atoms with Crippen LogP contribution < -0.4 is 5.32 Å². The molecule has 3 nitrogen and oxygen atoms in total. The molecule has 4 heteroatoms. The fourth-order valence-electron chi connectivity index (χ4n) is 3.37. The summed E-state index contributed by atoms with van der Waals surface area (Å²) in [4.78, 5) is 14.9. The zero-order chi connectivity index (χ0) is 16.9. The second kappa shape index (κ2) is 8.05. The molecule has 2 rings (SSSR count). The zero-order valence-corrected chi connectivity index (χ0v) is 15.3. The van der Waals surface area contributed by atoms with E-state index in [1.165, 1.54) is 19.3 Å². The van der Waals surface area contributed by atoms with Crippen molar-refractivity contribution >= 4 is 17.6 Å². The SMILES string of the molecule is CCCN(C(=O)NC(C)(C)c1cccc(Cl)c1)C1CCCCC1. The lowest BCUT2D eigenvalue weighted by Crippen LogP contribution is -2.52. The van der Waals surface area contributed by atoms with Crippen LogP contribution in [0.2, 0.25) is 5.02 Å². The van der Waals surface area contributed by atoms with Gasteiger partial charge in [0.2, 0.25) is 0 Å². The monoisotopic (exact) mass is 336 g/mol. The molecule has 1 aromatic rings. The summed E-state index contributed by atoms with van der Waals surface area (Å²) in [5.74, 6) is 0. The lowest BCUT2D eigenvalue weighted by Gasteiger charge is -2.37. The van der Waals surface area contributed by atoms with Crippen molar-refractivity contribution in [2.75, 3.05) is 6.54 Å². The average molecular weight is 337 g/mol.